The number of hydrogen-bond acceptors (Lipinski definition) is 3. The SMILES string of the molecule is Cc1ccc(C(=O)NCC(=O)NCc2ccc(CN3CCCC3)cc2)cc1C. The lowest BCUT2D eigenvalue weighted by molar-refractivity contribution is -0.120. The van der Waals surface area contributed by atoms with E-state index in [9.17, 15) is 9.59 Å². The van der Waals surface area contributed by atoms with Gasteiger partial charge in [0.05, 0.1) is 6.54 Å². The third-order valence-electron chi connectivity index (χ3n) is 5.30. The van der Waals surface area contributed by atoms with Crippen LogP contribution in [0.3, 0.4) is 0 Å². The Labute approximate surface area is 167 Å². The van der Waals surface area contributed by atoms with Gasteiger partial charge in [0.15, 0.2) is 0 Å². The van der Waals surface area contributed by atoms with Gasteiger partial charge in [-0.1, -0.05) is 30.3 Å². The van der Waals surface area contributed by atoms with E-state index in [1.807, 2.05) is 26.0 Å². The summed E-state index contributed by atoms with van der Waals surface area (Å²) in [5.74, 6) is -0.428. The molecule has 3 rings (SSSR count). The molecule has 0 atom stereocenters. The summed E-state index contributed by atoms with van der Waals surface area (Å²) < 4.78 is 0. The minimum Gasteiger partial charge on any atom is -0.350 e. The van der Waals surface area contributed by atoms with Gasteiger partial charge in [-0.2, -0.15) is 0 Å². The molecule has 0 unspecified atom stereocenters. The molecule has 0 bridgehead atoms. The predicted octanol–water partition coefficient (Wildman–Crippen LogP) is 2.95. The lowest BCUT2D eigenvalue weighted by Gasteiger charge is -2.14. The van der Waals surface area contributed by atoms with Crippen molar-refractivity contribution >= 4 is 11.8 Å². The Hall–Kier alpha value is -2.66. The highest BCUT2D eigenvalue weighted by Crippen LogP contribution is 2.13. The van der Waals surface area contributed by atoms with E-state index in [4.69, 9.17) is 0 Å². The second-order valence-corrected chi connectivity index (χ2v) is 7.56. The second kappa shape index (κ2) is 9.51. The number of nitrogens with one attached hydrogen (secondary N) is 2. The van der Waals surface area contributed by atoms with Gasteiger partial charge in [0.2, 0.25) is 5.91 Å². The maximum absolute atomic E-state index is 12.2. The Balaban J connectivity index is 1.41. The second-order valence-electron chi connectivity index (χ2n) is 7.56. The Morgan fingerprint density at radius 3 is 2.25 bits per heavy atom. The molecule has 1 fully saturated rings. The first-order valence-corrected chi connectivity index (χ1v) is 9.93. The van der Waals surface area contributed by atoms with E-state index in [-0.39, 0.29) is 18.4 Å². The highest BCUT2D eigenvalue weighted by molar-refractivity contribution is 5.96. The molecule has 1 aliphatic heterocycles. The van der Waals surface area contributed by atoms with Crippen LogP contribution >= 0.6 is 0 Å². The number of benzene rings is 2. The molecule has 2 N–H and O–H groups in total. The maximum Gasteiger partial charge on any atom is 0.251 e. The van der Waals surface area contributed by atoms with E-state index in [0.717, 1.165) is 23.2 Å². The lowest BCUT2D eigenvalue weighted by Crippen LogP contribution is -2.36. The zero-order valence-electron chi connectivity index (χ0n) is 16.8. The van der Waals surface area contributed by atoms with E-state index in [2.05, 4.69) is 39.8 Å². The fourth-order valence-corrected chi connectivity index (χ4v) is 3.37. The summed E-state index contributed by atoms with van der Waals surface area (Å²) in [6.45, 7) is 7.77. The van der Waals surface area contributed by atoms with E-state index in [1.165, 1.54) is 31.5 Å². The van der Waals surface area contributed by atoms with Gasteiger partial charge in [0, 0.05) is 18.7 Å². The van der Waals surface area contributed by atoms with Crippen LogP contribution in [-0.4, -0.2) is 36.3 Å². The van der Waals surface area contributed by atoms with Crippen LogP contribution in [0, 0.1) is 13.8 Å². The van der Waals surface area contributed by atoms with Gasteiger partial charge in [0.1, 0.15) is 0 Å². The molecule has 1 saturated heterocycles. The van der Waals surface area contributed by atoms with Crippen molar-refractivity contribution in [2.45, 2.75) is 39.8 Å². The third kappa shape index (κ3) is 5.67. The molecular formula is C23H29N3O2. The Bertz CT molecular complexity index is 824. The highest BCUT2D eigenvalue weighted by atomic mass is 16.2. The first-order chi connectivity index (χ1) is 13.5. The molecule has 5 heteroatoms. The fraction of sp³-hybridized carbons (Fsp3) is 0.391. The lowest BCUT2D eigenvalue weighted by atomic mass is 10.1. The topological polar surface area (TPSA) is 61.4 Å². The number of carbonyl (C=O) groups excluding carboxylic acids is 2. The molecule has 2 amide bonds. The summed E-state index contributed by atoms with van der Waals surface area (Å²) in [5.41, 5.74) is 5.13. The summed E-state index contributed by atoms with van der Waals surface area (Å²) in [4.78, 5) is 26.7. The zero-order valence-corrected chi connectivity index (χ0v) is 16.8. The maximum atomic E-state index is 12.2. The first kappa shape index (κ1) is 20.1. The van der Waals surface area contributed by atoms with Crippen LogP contribution in [0.4, 0.5) is 0 Å². The van der Waals surface area contributed by atoms with E-state index in [1.54, 1.807) is 6.07 Å². The molecule has 148 valence electrons. The van der Waals surface area contributed by atoms with Crippen LogP contribution in [0.5, 0.6) is 0 Å². The molecule has 2 aromatic carbocycles. The van der Waals surface area contributed by atoms with Crippen LogP contribution in [0.15, 0.2) is 42.5 Å². The smallest absolute Gasteiger partial charge is 0.251 e. The van der Waals surface area contributed by atoms with E-state index < -0.39 is 0 Å². The van der Waals surface area contributed by atoms with Crippen molar-refractivity contribution < 1.29 is 9.59 Å². The fourth-order valence-electron chi connectivity index (χ4n) is 3.37. The highest BCUT2D eigenvalue weighted by Gasteiger charge is 2.12. The van der Waals surface area contributed by atoms with Crippen LogP contribution in [-0.2, 0) is 17.9 Å². The van der Waals surface area contributed by atoms with Gasteiger partial charge >= 0.3 is 0 Å². The van der Waals surface area contributed by atoms with Crippen molar-refractivity contribution in [1.29, 1.82) is 0 Å². The molecule has 1 aliphatic rings. The summed E-state index contributed by atoms with van der Waals surface area (Å²) in [5, 5.41) is 5.53. The van der Waals surface area contributed by atoms with Gasteiger partial charge < -0.3 is 10.6 Å². The largest absolute Gasteiger partial charge is 0.350 e. The van der Waals surface area contributed by atoms with Crippen LogP contribution in [0.2, 0.25) is 0 Å². The third-order valence-corrected chi connectivity index (χ3v) is 5.30. The van der Waals surface area contributed by atoms with Gasteiger partial charge in [-0.25, -0.2) is 0 Å². The Kier molecular flexibility index (Phi) is 6.82. The van der Waals surface area contributed by atoms with Gasteiger partial charge in [0.25, 0.3) is 5.91 Å². The van der Waals surface area contributed by atoms with E-state index in [0.29, 0.717) is 12.1 Å². The number of rotatable bonds is 7. The quantitative estimate of drug-likeness (QED) is 0.778. The molecular weight excluding hydrogens is 350 g/mol. The van der Waals surface area contributed by atoms with Crippen LogP contribution in [0.1, 0.15) is 45.5 Å². The van der Waals surface area contributed by atoms with Crippen molar-refractivity contribution in [3.8, 4) is 0 Å². The van der Waals surface area contributed by atoms with Crippen molar-refractivity contribution in [1.82, 2.24) is 15.5 Å². The summed E-state index contributed by atoms with van der Waals surface area (Å²) in [6, 6.07) is 13.9. The minimum atomic E-state index is -0.232. The Morgan fingerprint density at radius 1 is 0.893 bits per heavy atom. The first-order valence-electron chi connectivity index (χ1n) is 9.93. The van der Waals surface area contributed by atoms with Crippen LogP contribution in [0.25, 0.3) is 0 Å². The molecule has 0 radical (unpaired) electrons. The number of nitrogens with zero attached hydrogens (tertiary/aromatic N) is 1. The summed E-state index contributed by atoms with van der Waals surface area (Å²) in [7, 11) is 0. The number of hydrogen-bond donors (Lipinski definition) is 2. The number of aryl methyl sites for hydroxylation is 2. The molecule has 0 spiro atoms. The summed E-state index contributed by atoms with van der Waals surface area (Å²) >= 11 is 0. The number of carbonyl (C=O) groups is 2. The molecule has 0 aliphatic carbocycles. The standard InChI is InChI=1S/C23H29N3O2/c1-17-5-10-21(13-18(17)2)23(28)25-15-22(27)24-14-19-6-8-20(9-7-19)16-26-11-3-4-12-26/h5-10,13H,3-4,11-12,14-16H2,1-2H3,(H,24,27)(H,25,28). The molecule has 28 heavy (non-hydrogen) atoms. The average Bonchev–Trinajstić information content (AvgIpc) is 3.20. The van der Waals surface area contributed by atoms with E-state index >= 15 is 0 Å². The van der Waals surface area contributed by atoms with Crippen molar-refractivity contribution in [2.75, 3.05) is 19.6 Å². The van der Waals surface area contributed by atoms with Crippen molar-refractivity contribution in [2.24, 2.45) is 0 Å². The number of amides is 2. The minimum absolute atomic E-state index is 0.0290. The van der Waals surface area contributed by atoms with Crippen molar-refractivity contribution in [3.05, 3.63) is 70.3 Å². The molecule has 0 aromatic heterocycles. The molecule has 5 nitrogen and oxygen atoms in total. The van der Waals surface area contributed by atoms with Crippen LogP contribution < -0.4 is 10.6 Å². The Morgan fingerprint density at radius 2 is 1.57 bits per heavy atom. The number of likely N-dealkylation sites (tertiary alicyclic amines) is 1. The monoisotopic (exact) mass is 379 g/mol. The van der Waals surface area contributed by atoms with Gasteiger partial charge in [-0.15, -0.1) is 0 Å². The zero-order chi connectivity index (χ0) is 19.9. The average molecular weight is 380 g/mol. The van der Waals surface area contributed by atoms with Crippen molar-refractivity contribution in [3.63, 3.8) is 0 Å². The summed E-state index contributed by atoms with van der Waals surface area (Å²) in [6.07, 6.45) is 2.59. The molecule has 2 aromatic rings. The molecule has 0 saturated carbocycles. The van der Waals surface area contributed by atoms with Gasteiger partial charge in [-0.3, -0.25) is 14.5 Å². The predicted molar refractivity (Wildman–Crippen MR) is 111 cm³/mol. The molecule has 1 heterocycles. The normalized spacial score (nSPS) is 14.1. The van der Waals surface area contributed by atoms with Gasteiger partial charge in [-0.05, 0) is 74.2 Å².